The molecule has 98 valence electrons. The normalized spacial score (nSPS) is 14.9. The lowest BCUT2D eigenvalue weighted by molar-refractivity contribution is 0.672. The molecule has 0 aliphatic rings. The molecule has 0 spiro atoms. The molecule has 2 unspecified atom stereocenters. The predicted molar refractivity (Wildman–Crippen MR) is 77.9 cm³/mol. The Hall–Kier alpha value is -0.580. The van der Waals surface area contributed by atoms with E-state index in [4.69, 9.17) is 23.2 Å². The second-order valence-electron chi connectivity index (χ2n) is 4.12. The summed E-state index contributed by atoms with van der Waals surface area (Å²) in [6.07, 6.45) is 1.69. The number of halogens is 2. The molecule has 0 saturated carbocycles. The lowest BCUT2D eigenvalue weighted by Crippen LogP contribution is -2.10. The number of para-hydroxylation sites is 1. The molecule has 0 fully saturated rings. The topological polar surface area (TPSA) is 34.9 Å². The SMILES string of the molecule is CC(Cl)c1nc2cccc(Cl)c2n1CCS(C)=O. The van der Waals surface area contributed by atoms with Crippen LogP contribution >= 0.6 is 23.2 Å². The molecule has 6 heteroatoms. The molecule has 0 radical (unpaired) electrons. The van der Waals surface area contributed by atoms with Crippen molar-refractivity contribution < 1.29 is 4.21 Å². The molecule has 0 saturated heterocycles. The molecule has 0 bridgehead atoms. The third-order valence-corrected chi connectivity index (χ3v) is 3.96. The van der Waals surface area contributed by atoms with Crippen LogP contribution in [0.15, 0.2) is 18.2 Å². The van der Waals surface area contributed by atoms with E-state index in [1.165, 1.54) is 0 Å². The van der Waals surface area contributed by atoms with Crippen molar-refractivity contribution in [1.82, 2.24) is 9.55 Å². The Morgan fingerprint density at radius 3 is 2.83 bits per heavy atom. The Labute approximate surface area is 119 Å². The number of aromatic nitrogens is 2. The first-order chi connectivity index (χ1) is 8.50. The fourth-order valence-electron chi connectivity index (χ4n) is 1.91. The van der Waals surface area contributed by atoms with E-state index < -0.39 is 10.8 Å². The quantitative estimate of drug-likeness (QED) is 0.812. The molecule has 1 aromatic carbocycles. The van der Waals surface area contributed by atoms with Gasteiger partial charge in [0, 0.05) is 29.4 Å². The molecule has 0 aliphatic carbocycles. The summed E-state index contributed by atoms with van der Waals surface area (Å²) in [4.78, 5) is 4.50. The molecule has 0 amide bonds. The maximum absolute atomic E-state index is 11.3. The molecule has 3 nitrogen and oxygen atoms in total. The monoisotopic (exact) mass is 304 g/mol. The minimum absolute atomic E-state index is 0.209. The minimum atomic E-state index is -0.856. The summed E-state index contributed by atoms with van der Waals surface area (Å²) >= 11 is 12.4. The average Bonchev–Trinajstić information content (AvgIpc) is 2.66. The van der Waals surface area contributed by atoms with Crippen LogP contribution in [0.5, 0.6) is 0 Å². The van der Waals surface area contributed by atoms with Crippen LogP contribution in [-0.2, 0) is 17.3 Å². The summed E-state index contributed by atoms with van der Waals surface area (Å²) in [7, 11) is -0.856. The number of fused-ring (bicyclic) bond motifs is 1. The number of aryl methyl sites for hydroxylation is 1. The van der Waals surface area contributed by atoms with Crippen molar-refractivity contribution in [1.29, 1.82) is 0 Å². The standard InChI is InChI=1S/C12H14Cl2N2OS/c1-8(13)12-15-10-5-3-4-9(14)11(10)16(12)6-7-18(2)17/h3-5,8H,6-7H2,1-2H3. The fourth-order valence-corrected chi connectivity index (χ4v) is 2.79. The van der Waals surface area contributed by atoms with Crippen molar-refractivity contribution in [3.05, 3.63) is 29.0 Å². The highest BCUT2D eigenvalue weighted by Crippen LogP contribution is 2.29. The first-order valence-electron chi connectivity index (χ1n) is 5.59. The van der Waals surface area contributed by atoms with E-state index in [2.05, 4.69) is 4.98 Å². The number of benzene rings is 1. The highest BCUT2D eigenvalue weighted by Gasteiger charge is 2.16. The number of hydrogen-bond donors (Lipinski definition) is 0. The van der Waals surface area contributed by atoms with Gasteiger partial charge in [0.1, 0.15) is 5.82 Å². The van der Waals surface area contributed by atoms with Gasteiger partial charge in [0.05, 0.1) is 21.4 Å². The van der Waals surface area contributed by atoms with Crippen LogP contribution in [0.4, 0.5) is 0 Å². The van der Waals surface area contributed by atoms with Gasteiger partial charge in [0.15, 0.2) is 0 Å². The van der Waals surface area contributed by atoms with Crippen molar-refractivity contribution >= 4 is 45.0 Å². The molecular formula is C12H14Cl2N2OS. The van der Waals surface area contributed by atoms with Crippen molar-refractivity contribution in [2.75, 3.05) is 12.0 Å². The van der Waals surface area contributed by atoms with Gasteiger partial charge in [-0.05, 0) is 19.1 Å². The zero-order valence-electron chi connectivity index (χ0n) is 10.2. The van der Waals surface area contributed by atoms with Crippen molar-refractivity contribution in [2.24, 2.45) is 0 Å². The summed E-state index contributed by atoms with van der Waals surface area (Å²) in [6.45, 7) is 2.48. The Kier molecular flexibility index (Phi) is 4.30. The van der Waals surface area contributed by atoms with Crippen molar-refractivity contribution in [3.63, 3.8) is 0 Å². The number of alkyl halides is 1. The van der Waals surface area contributed by atoms with Gasteiger partial charge in [-0.15, -0.1) is 11.6 Å². The summed E-state index contributed by atoms with van der Waals surface area (Å²) in [5.74, 6) is 1.33. The molecule has 0 N–H and O–H groups in total. The van der Waals surface area contributed by atoms with Gasteiger partial charge < -0.3 is 4.57 Å². The lowest BCUT2D eigenvalue weighted by Gasteiger charge is -2.10. The van der Waals surface area contributed by atoms with Crippen LogP contribution < -0.4 is 0 Å². The van der Waals surface area contributed by atoms with Crippen molar-refractivity contribution in [3.8, 4) is 0 Å². The number of hydrogen-bond acceptors (Lipinski definition) is 2. The third-order valence-electron chi connectivity index (χ3n) is 2.71. The number of rotatable bonds is 4. The number of imidazole rings is 1. The smallest absolute Gasteiger partial charge is 0.127 e. The van der Waals surface area contributed by atoms with Gasteiger partial charge in [-0.1, -0.05) is 17.7 Å². The number of nitrogens with zero attached hydrogens (tertiary/aromatic N) is 2. The fraction of sp³-hybridized carbons (Fsp3) is 0.417. The first kappa shape index (κ1) is 13.8. The highest BCUT2D eigenvalue weighted by atomic mass is 35.5. The van der Waals surface area contributed by atoms with Crippen LogP contribution in [0, 0.1) is 0 Å². The van der Waals surface area contributed by atoms with Gasteiger partial charge in [0.25, 0.3) is 0 Å². The van der Waals surface area contributed by atoms with Gasteiger partial charge in [-0.2, -0.15) is 0 Å². The average molecular weight is 305 g/mol. The van der Waals surface area contributed by atoms with Gasteiger partial charge >= 0.3 is 0 Å². The van der Waals surface area contributed by atoms with E-state index in [1.807, 2.05) is 29.7 Å². The van der Waals surface area contributed by atoms with E-state index in [9.17, 15) is 4.21 Å². The highest BCUT2D eigenvalue weighted by molar-refractivity contribution is 7.84. The third kappa shape index (κ3) is 2.71. The summed E-state index contributed by atoms with van der Waals surface area (Å²) in [5.41, 5.74) is 1.69. The van der Waals surface area contributed by atoms with Crippen LogP contribution in [0.2, 0.25) is 5.02 Å². The Balaban J connectivity index is 2.57. The van der Waals surface area contributed by atoms with E-state index in [0.29, 0.717) is 17.3 Å². The molecule has 2 atom stereocenters. The van der Waals surface area contributed by atoms with Crippen LogP contribution in [-0.4, -0.2) is 25.8 Å². The largest absolute Gasteiger partial charge is 0.325 e. The van der Waals surface area contributed by atoms with E-state index >= 15 is 0 Å². The molecule has 0 aliphatic heterocycles. The second-order valence-corrected chi connectivity index (χ2v) is 6.74. The van der Waals surface area contributed by atoms with Gasteiger partial charge in [-0.3, -0.25) is 4.21 Å². The zero-order chi connectivity index (χ0) is 13.3. The molecule has 18 heavy (non-hydrogen) atoms. The van der Waals surface area contributed by atoms with E-state index in [-0.39, 0.29) is 5.38 Å². The Morgan fingerprint density at radius 2 is 2.22 bits per heavy atom. The van der Waals surface area contributed by atoms with Crippen LogP contribution in [0.1, 0.15) is 18.1 Å². The predicted octanol–water partition coefficient (Wildman–Crippen LogP) is 3.37. The second kappa shape index (κ2) is 5.59. The Bertz CT molecular complexity index is 595. The maximum Gasteiger partial charge on any atom is 0.127 e. The summed E-state index contributed by atoms with van der Waals surface area (Å²) < 4.78 is 13.2. The first-order valence-corrected chi connectivity index (χ1v) is 8.13. The Morgan fingerprint density at radius 1 is 1.50 bits per heavy atom. The van der Waals surface area contributed by atoms with Crippen LogP contribution in [0.3, 0.4) is 0 Å². The van der Waals surface area contributed by atoms with E-state index in [0.717, 1.165) is 16.9 Å². The van der Waals surface area contributed by atoms with Crippen LogP contribution in [0.25, 0.3) is 11.0 Å². The lowest BCUT2D eigenvalue weighted by atomic mass is 10.3. The van der Waals surface area contributed by atoms with Crippen molar-refractivity contribution in [2.45, 2.75) is 18.8 Å². The molecule has 1 heterocycles. The molecule has 1 aromatic heterocycles. The molecule has 2 aromatic rings. The summed E-state index contributed by atoms with van der Waals surface area (Å²) in [5, 5.41) is 0.434. The van der Waals surface area contributed by atoms with Gasteiger partial charge in [-0.25, -0.2) is 4.98 Å². The zero-order valence-corrected chi connectivity index (χ0v) is 12.5. The minimum Gasteiger partial charge on any atom is -0.325 e. The van der Waals surface area contributed by atoms with Gasteiger partial charge in [0.2, 0.25) is 0 Å². The maximum atomic E-state index is 11.3. The molecular weight excluding hydrogens is 291 g/mol. The van der Waals surface area contributed by atoms with E-state index in [1.54, 1.807) is 6.26 Å². The summed E-state index contributed by atoms with van der Waals surface area (Å²) in [6, 6.07) is 5.60. The molecule has 2 rings (SSSR count).